The lowest BCUT2D eigenvalue weighted by atomic mass is 10.2. The molecular weight excluding hydrogens is 316 g/mol. The van der Waals surface area contributed by atoms with Gasteiger partial charge in [0.05, 0.1) is 19.8 Å². The third kappa shape index (κ3) is 9.43. The van der Waals surface area contributed by atoms with Crippen LogP contribution in [0.15, 0.2) is 35.3 Å². The Kier molecular flexibility index (Phi) is 10.00. The zero-order chi connectivity index (χ0) is 17.6. The van der Waals surface area contributed by atoms with E-state index in [0.717, 1.165) is 71.8 Å². The van der Waals surface area contributed by atoms with Crippen LogP contribution in [-0.2, 0) is 16.1 Å². The molecule has 1 aromatic rings. The highest BCUT2D eigenvalue weighted by Crippen LogP contribution is 2.01. The van der Waals surface area contributed by atoms with Gasteiger partial charge in [0.1, 0.15) is 0 Å². The summed E-state index contributed by atoms with van der Waals surface area (Å²) in [5.41, 5.74) is 7.10. The maximum absolute atomic E-state index is 5.88. The van der Waals surface area contributed by atoms with Gasteiger partial charge in [0.2, 0.25) is 0 Å². The molecule has 2 rings (SSSR count). The Bertz CT molecular complexity index is 476. The summed E-state index contributed by atoms with van der Waals surface area (Å²) in [5, 5.41) is 3.17. The summed E-state index contributed by atoms with van der Waals surface area (Å²) >= 11 is 0. The van der Waals surface area contributed by atoms with Gasteiger partial charge in [-0.05, 0) is 24.8 Å². The Morgan fingerprint density at radius 2 is 1.96 bits per heavy atom. The van der Waals surface area contributed by atoms with Gasteiger partial charge in [0, 0.05) is 39.3 Å². The van der Waals surface area contributed by atoms with Crippen LogP contribution in [0.25, 0.3) is 0 Å². The van der Waals surface area contributed by atoms with E-state index in [9.17, 15) is 0 Å². The van der Waals surface area contributed by atoms with E-state index in [1.807, 2.05) is 18.2 Å². The average molecular weight is 348 g/mol. The molecule has 140 valence electrons. The van der Waals surface area contributed by atoms with E-state index in [4.69, 9.17) is 15.2 Å². The molecule has 1 aliphatic rings. The first kappa shape index (κ1) is 19.7. The Balaban J connectivity index is 1.40. The zero-order valence-electron chi connectivity index (χ0n) is 15.2. The predicted octanol–water partition coefficient (Wildman–Crippen LogP) is 1.61. The summed E-state index contributed by atoms with van der Waals surface area (Å²) in [6, 6.07) is 10.2. The molecule has 1 saturated heterocycles. The number of rotatable bonds is 11. The van der Waals surface area contributed by atoms with E-state index < -0.39 is 0 Å². The number of guanidine groups is 1. The van der Waals surface area contributed by atoms with Crippen LogP contribution in [0.4, 0.5) is 0 Å². The highest BCUT2D eigenvalue weighted by molar-refractivity contribution is 5.77. The number of nitrogens with two attached hydrogens (primary N) is 1. The van der Waals surface area contributed by atoms with E-state index in [1.165, 1.54) is 5.56 Å². The first-order valence-corrected chi connectivity index (χ1v) is 9.30. The molecule has 0 spiro atoms. The van der Waals surface area contributed by atoms with Crippen molar-refractivity contribution in [3.8, 4) is 0 Å². The minimum Gasteiger partial charge on any atom is -0.379 e. The van der Waals surface area contributed by atoms with E-state index in [-0.39, 0.29) is 0 Å². The van der Waals surface area contributed by atoms with Crippen LogP contribution < -0.4 is 11.1 Å². The molecule has 0 aromatic heterocycles. The van der Waals surface area contributed by atoms with E-state index in [2.05, 4.69) is 27.3 Å². The highest BCUT2D eigenvalue weighted by Gasteiger charge is 2.08. The van der Waals surface area contributed by atoms with Crippen LogP contribution in [0, 0.1) is 0 Å². The van der Waals surface area contributed by atoms with Crippen LogP contribution >= 0.6 is 0 Å². The van der Waals surface area contributed by atoms with Crippen LogP contribution in [-0.4, -0.2) is 63.4 Å². The molecule has 0 bridgehead atoms. The van der Waals surface area contributed by atoms with Crippen molar-refractivity contribution < 1.29 is 9.47 Å². The maximum atomic E-state index is 5.88. The molecule has 0 saturated carbocycles. The van der Waals surface area contributed by atoms with E-state index in [0.29, 0.717) is 12.6 Å². The number of hydrogen-bond acceptors (Lipinski definition) is 4. The molecule has 0 unspecified atom stereocenters. The number of ether oxygens (including phenoxy) is 2. The number of aliphatic imine (C=N–C) groups is 1. The summed E-state index contributed by atoms with van der Waals surface area (Å²) in [6.07, 6.45) is 3.08. The number of nitrogens with zero attached hydrogens (tertiary/aromatic N) is 2. The lowest BCUT2D eigenvalue weighted by molar-refractivity contribution is 0.0377. The second-order valence-corrected chi connectivity index (χ2v) is 6.25. The Morgan fingerprint density at radius 3 is 2.76 bits per heavy atom. The Morgan fingerprint density at radius 1 is 1.16 bits per heavy atom. The third-order valence-electron chi connectivity index (χ3n) is 4.15. The molecule has 0 aliphatic carbocycles. The zero-order valence-corrected chi connectivity index (χ0v) is 15.2. The van der Waals surface area contributed by atoms with Gasteiger partial charge >= 0.3 is 0 Å². The van der Waals surface area contributed by atoms with Crippen LogP contribution in [0.3, 0.4) is 0 Å². The van der Waals surface area contributed by atoms with E-state index in [1.54, 1.807) is 0 Å². The molecule has 25 heavy (non-hydrogen) atoms. The van der Waals surface area contributed by atoms with Gasteiger partial charge in [-0.25, -0.2) is 0 Å². The third-order valence-corrected chi connectivity index (χ3v) is 4.15. The number of benzene rings is 1. The molecule has 0 amide bonds. The number of unbranched alkanes of at least 4 members (excludes halogenated alkanes) is 1. The fraction of sp³-hybridized carbons (Fsp3) is 0.632. The fourth-order valence-corrected chi connectivity index (χ4v) is 2.68. The van der Waals surface area contributed by atoms with Crippen molar-refractivity contribution in [1.29, 1.82) is 0 Å². The SMILES string of the molecule is NC(=NCCCN1CCOCC1)NCCCCOCc1ccccc1. The van der Waals surface area contributed by atoms with Gasteiger partial charge in [0.25, 0.3) is 0 Å². The quantitative estimate of drug-likeness (QED) is 0.361. The Labute approximate surface area is 151 Å². The van der Waals surface area contributed by atoms with Crippen LogP contribution in [0.1, 0.15) is 24.8 Å². The molecule has 1 aromatic carbocycles. The topological polar surface area (TPSA) is 72.1 Å². The first-order valence-electron chi connectivity index (χ1n) is 9.30. The molecular formula is C19H32N4O2. The van der Waals surface area contributed by atoms with E-state index >= 15 is 0 Å². The van der Waals surface area contributed by atoms with Crippen molar-refractivity contribution in [2.24, 2.45) is 10.7 Å². The van der Waals surface area contributed by atoms with Crippen molar-refractivity contribution in [3.63, 3.8) is 0 Å². The standard InChI is InChI=1S/C19H32N4O2/c20-19(22-10-6-11-23-12-15-24-16-13-23)21-9-4-5-14-25-17-18-7-2-1-3-8-18/h1-3,7-8H,4-6,9-17H2,(H3,20,21,22). The maximum Gasteiger partial charge on any atom is 0.188 e. The average Bonchev–Trinajstić information content (AvgIpc) is 2.66. The molecule has 1 aliphatic heterocycles. The number of morpholine rings is 1. The second-order valence-electron chi connectivity index (χ2n) is 6.25. The fourth-order valence-electron chi connectivity index (χ4n) is 2.68. The van der Waals surface area contributed by atoms with Gasteiger partial charge in [-0.1, -0.05) is 30.3 Å². The summed E-state index contributed by atoms with van der Waals surface area (Å²) in [6.45, 7) is 7.90. The highest BCUT2D eigenvalue weighted by atomic mass is 16.5. The van der Waals surface area contributed by atoms with Crippen molar-refractivity contribution in [2.75, 3.05) is 52.5 Å². The van der Waals surface area contributed by atoms with Gasteiger partial charge in [-0.3, -0.25) is 9.89 Å². The van der Waals surface area contributed by atoms with Crippen LogP contribution in [0.2, 0.25) is 0 Å². The molecule has 1 fully saturated rings. The van der Waals surface area contributed by atoms with Crippen molar-refractivity contribution in [1.82, 2.24) is 10.2 Å². The summed E-state index contributed by atoms with van der Waals surface area (Å²) < 4.78 is 11.0. The number of nitrogens with one attached hydrogen (secondary N) is 1. The van der Waals surface area contributed by atoms with Crippen molar-refractivity contribution >= 4 is 5.96 Å². The Hall–Kier alpha value is -1.63. The van der Waals surface area contributed by atoms with Crippen LogP contribution in [0.5, 0.6) is 0 Å². The van der Waals surface area contributed by atoms with Gasteiger partial charge in [-0.2, -0.15) is 0 Å². The van der Waals surface area contributed by atoms with Gasteiger partial charge in [0.15, 0.2) is 5.96 Å². The summed E-state index contributed by atoms with van der Waals surface area (Å²) in [4.78, 5) is 6.79. The minimum absolute atomic E-state index is 0.548. The van der Waals surface area contributed by atoms with Crippen molar-refractivity contribution in [2.45, 2.75) is 25.9 Å². The minimum atomic E-state index is 0.548. The molecule has 3 N–H and O–H groups in total. The summed E-state index contributed by atoms with van der Waals surface area (Å²) in [5.74, 6) is 0.548. The normalized spacial score (nSPS) is 16.1. The van der Waals surface area contributed by atoms with Gasteiger partial charge in [-0.15, -0.1) is 0 Å². The molecule has 0 radical (unpaired) electrons. The molecule has 0 atom stereocenters. The molecule has 6 heteroatoms. The molecule has 1 heterocycles. The lowest BCUT2D eigenvalue weighted by Gasteiger charge is -2.26. The smallest absolute Gasteiger partial charge is 0.188 e. The largest absolute Gasteiger partial charge is 0.379 e. The predicted molar refractivity (Wildman–Crippen MR) is 102 cm³/mol. The first-order chi connectivity index (χ1) is 12.3. The monoisotopic (exact) mass is 348 g/mol. The second kappa shape index (κ2) is 12.7. The van der Waals surface area contributed by atoms with Crippen molar-refractivity contribution in [3.05, 3.63) is 35.9 Å². The molecule has 6 nitrogen and oxygen atoms in total. The summed E-state index contributed by atoms with van der Waals surface area (Å²) in [7, 11) is 0. The lowest BCUT2D eigenvalue weighted by Crippen LogP contribution is -2.37. The van der Waals surface area contributed by atoms with Gasteiger partial charge < -0.3 is 20.5 Å². The number of hydrogen-bond donors (Lipinski definition) is 2.